The largest absolute Gasteiger partial charge is 0.399 e. The van der Waals surface area contributed by atoms with Gasteiger partial charge in [0, 0.05) is 35.6 Å². The Labute approximate surface area is 140 Å². The van der Waals surface area contributed by atoms with Gasteiger partial charge >= 0.3 is 0 Å². The van der Waals surface area contributed by atoms with E-state index in [9.17, 15) is 9.18 Å². The highest BCUT2D eigenvalue weighted by Crippen LogP contribution is 2.21. The lowest BCUT2D eigenvalue weighted by molar-refractivity contribution is 0.0424. The fraction of sp³-hybridized carbons (Fsp3) is 0.278. The third kappa shape index (κ3) is 3.65. The first-order valence-corrected chi connectivity index (χ1v) is 7.83. The van der Waals surface area contributed by atoms with Crippen LogP contribution in [0.25, 0.3) is 0 Å². The summed E-state index contributed by atoms with van der Waals surface area (Å²) in [6.45, 7) is 1.27. The highest BCUT2D eigenvalue weighted by molar-refractivity contribution is 5.96. The number of likely N-dealkylation sites (tertiary alicyclic amines) is 1. The molecule has 0 saturated carbocycles. The van der Waals surface area contributed by atoms with E-state index in [2.05, 4.69) is 0 Å². The van der Waals surface area contributed by atoms with Gasteiger partial charge in [-0.15, -0.1) is 0 Å². The highest BCUT2D eigenvalue weighted by atomic mass is 19.1. The molecule has 1 heterocycles. The highest BCUT2D eigenvalue weighted by Gasteiger charge is 2.28. The van der Waals surface area contributed by atoms with Crippen molar-refractivity contribution < 1.29 is 13.9 Å². The predicted octanol–water partition coefficient (Wildman–Crippen LogP) is 2.42. The molecule has 6 heteroatoms. The Morgan fingerprint density at radius 2 is 1.92 bits per heavy atom. The van der Waals surface area contributed by atoms with Crippen molar-refractivity contribution in [2.45, 2.75) is 19.1 Å². The van der Waals surface area contributed by atoms with Crippen molar-refractivity contribution in [1.82, 2.24) is 4.90 Å². The number of carbonyl (C=O) groups is 1. The monoisotopic (exact) mass is 329 g/mol. The van der Waals surface area contributed by atoms with E-state index in [1.165, 1.54) is 6.07 Å². The van der Waals surface area contributed by atoms with E-state index in [-0.39, 0.29) is 24.4 Å². The Kier molecular flexibility index (Phi) is 4.66. The second kappa shape index (κ2) is 6.88. The molecule has 2 aromatic carbocycles. The van der Waals surface area contributed by atoms with Gasteiger partial charge in [-0.1, -0.05) is 18.2 Å². The molecule has 0 unspecified atom stereocenters. The van der Waals surface area contributed by atoms with E-state index in [4.69, 9.17) is 16.2 Å². The number of hydrogen-bond acceptors (Lipinski definition) is 4. The Hall–Kier alpha value is -2.60. The molecule has 0 aromatic heterocycles. The summed E-state index contributed by atoms with van der Waals surface area (Å²) < 4.78 is 19.3. The van der Waals surface area contributed by atoms with E-state index in [1.807, 2.05) is 0 Å². The average Bonchev–Trinajstić information content (AvgIpc) is 3.01. The van der Waals surface area contributed by atoms with Crippen LogP contribution in [0.3, 0.4) is 0 Å². The Morgan fingerprint density at radius 1 is 1.21 bits per heavy atom. The van der Waals surface area contributed by atoms with Crippen molar-refractivity contribution in [3.05, 3.63) is 59.4 Å². The summed E-state index contributed by atoms with van der Waals surface area (Å²) in [5, 5.41) is 0. The van der Waals surface area contributed by atoms with E-state index in [0.717, 1.165) is 6.42 Å². The summed E-state index contributed by atoms with van der Waals surface area (Å²) in [7, 11) is 0. The maximum atomic E-state index is 13.6. The van der Waals surface area contributed by atoms with Crippen LogP contribution in [-0.4, -0.2) is 30.0 Å². The van der Waals surface area contributed by atoms with Gasteiger partial charge in [0.2, 0.25) is 0 Å². The van der Waals surface area contributed by atoms with Crippen LogP contribution in [0, 0.1) is 5.82 Å². The van der Waals surface area contributed by atoms with Gasteiger partial charge in [0.25, 0.3) is 5.91 Å². The first-order chi connectivity index (χ1) is 11.5. The zero-order valence-electron chi connectivity index (χ0n) is 13.2. The van der Waals surface area contributed by atoms with Crippen LogP contribution in [-0.2, 0) is 11.3 Å². The molecule has 2 aromatic rings. The first kappa shape index (κ1) is 16.3. The first-order valence-electron chi connectivity index (χ1n) is 7.83. The number of benzene rings is 2. The second-order valence-electron chi connectivity index (χ2n) is 5.95. The SMILES string of the molecule is Nc1cc(N)cc(C(=O)N2CC[C@@H](OCc3ccccc3F)C2)c1. The van der Waals surface area contributed by atoms with Crippen molar-refractivity contribution in [3.8, 4) is 0 Å². The molecule has 3 rings (SSSR count). The zero-order valence-corrected chi connectivity index (χ0v) is 13.2. The summed E-state index contributed by atoms with van der Waals surface area (Å²) in [5.41, 5.74) is 13.4. The van der Waals surface area contributed by atoms with Crippen LogP contribution in [0.4, 0.5) is 15.8 Å². The molecule has 1 saturated heterocycles. The van der Waals surface area contributed by atoms with Crippen molar-refractivity contribution in [1.29, 1.82) is 0 Å². The van der Waals surface area contributed by atoms with Crippen LogP contribution >= 0.6 is 0 Å². The van der Waals surface area contributed by atoms with E-state index >= 15 is 0 Å². The number of nitrogen functional groups attached to an aromatic ring is 2. The molecule has 1 aliphatic heterocycles. The Bertz CT molecular complexity index is 731. The minimum absolute atomic E-state index is 0.105. The van der Waals surface area contributed by atoms with E-state index in [1.54, 1.807) is 41.3 Å². The van der Waals surface area contributed by atoms with Gasteiger partial charge in [-0.25, -0.2) is 4.39 Å². The lowest BCUT2D eigenvalue weighted by Crippen LogP contribution is -2.30. The van der Waals surface area contributed by atoms with Gasteiger partial charge in [0.15, 0.2) is 0 Å². The summed E-state index contributed by atoms with van der Waals surface area (Å²) >= 11 is 0. The minimum atomic E-state index is -0.279. The molecule has 4 N–H and O–H groups in total. The van der Waals surface area contributed by atoms with Crippen molar-refractivity contribution >= 4 is 17.3 Å². The van der Waals surface area contributed by atoms with Gasteiger partial charge in [-0.05, 0) is 30.7 Å². The molecule has 24 heavy (non-hydrogen) atoms. The van der Waals surface area contributed by atoms with Crippen molar-refractivity contribution in [3.63, 3.8) is 0 Å². The molecule has 5 nitrogen and oxygen atoms in total. The molecular formula is C18H20FN3O2. The fourth-order valence-corrected chi connectivity index (χ4v) is 2.85. The van der Waals surface area contributed by atoms with Crippen LogP contribution in [0.5, 0.6) is 0 Å². The van der Waals surface area contributed by atoms with Gasteiger partial charge < -0.3 is 21.1 Å². The molecular weight excluding hydrogens is 309 g/mol. The number of rotatable bonds is 4. The maximum Gasteiger partial charge on any atom is 0.254 e. The van der Waals surface area contributed by atoms with E-state index in [0.29, 0.717) is 35.6 Å². The van der Waals surface area contributed by atoms with Crippen LogP contribution in [0.2, 0.25) is 0 Å². The number of carbonyl (C=O) groups excluding carboxylic acids is 1. The number of hydrogen-bond donors (Lipinski definition) is 2. The average molecular weight is 329 g/mol. The number of nitrogens with two attached hydrogens (primary N) is 2. The third-order valence-corrected chi connectivity index (χ3v) is 4.09. The topological polar surface area (TPSA) is 81.6 Å². The normalized spacial score (nSPS) is 17.2. The molecule has 0 aliphatic carbocycles. The van der Waals surface area contributed by atoms with Crippen LogP contribution in [0.1, 0.15) is 22.3 Å². The number of amides is 1. The quantitative estimate of drug-likeness (QED) is 0.844. The molecule has 0 radical (unpaired) electrons. The summed E-state index contributed by atoms with van der Waals surface area (Å²) in [6, 6.07) is 11.4. The summed E-state index contributed by atoms with van der Waals surface area (Å²) in [5.74, 6) is -0.398. The molecule has 1 aliphatic rings. The van der Waals surface area contributed by atoms with Gasteiger partial charge in [-0.2, -0.15) is 0 Å². The van der Waals surface area contributed by atoms with Crippen molar-refractivity contribution in [2.75, 3.05) is 24.6 Å². The number of halogens is 1. The summed E-state index contributed by atoms with van der Waals surface area (Å²) in [4.78, 5) is 14.2. The number of anilines is 2. The second-order valence-corrected chi connectivity index (χ2v) is 5.95. The number of ether oxygens (including phenoxy) is 1. The van der Waals surface area contributed by atoms with E-state index < -0.39 is 0 Å². The van der Waals surface area contributed by atoms with Gasteiger partial charge in [-0.3, -0.25) is 4.79 Å². The van der Waals surface area contributed by atoms with Gasteiger partial charge in [0.05, 0.1) is 12.7 Å². The standard InChI is InChI=1S/C18H20FN3O2/c19-17-4-2-1-3-12(17)11-24-16-5-6-22(10-16)18(23)13-7-14(20)9-15(21)8-13/h1-4,7-9,16H,5-6,10-11,20-21H2/t16-/m1/s1. The summed E-state index contributed by atoms with van der Waals surface area (Å²) in [6.07, 6.45) is 0.616. The third-order valence-electron chi connectivity index (χ3n) is 4.09. The smallest absolute Gasteiger partial charge is 0.254 e. The van der Waals surface area contributed by atoms with Crippen LogP contribution in [0.15, 0.2) is 42.5 Å². The molecule has 1 atom stereocenters. The van der Waals surface area contributed by atoms with Crippen molar-refractivity contribution in [2.24, 2.45) is 0 Å². The molecule has 126 valence electrons. The molecule has 1 amide bonds. The molecule has 1 fully saturated rings. The van der Waals surface area contributed by atoms with Crippen LogP contribution < -0.4 is 11.5 Å². The Morgan fingerprint density at radius 3 is 2.62 bits per heavy atom. The lowest BCUT2D eigenvalue weighted by atomic mass is 10.1. The number of nitrogens with zero attached hydrogens (tertiary/aromatic N) is 1. The molecule has 0 spiro atoms. The minimum Gasteiger partial charge on any atom is -0.399 e. The predicted molar refractivity (Wildman–Crippen MR) is 90.8 cm³/mol. The fourth-order valence-electron chi connectivity index (χ4n) is 2.85. The Balaban J connectivity index is 1.59. The maximum absolute atomic E-state index is 13.6. The lowest BCUT2D eigenvalue weighted by Gasteiger charge is -2.17. The molecule has 0 bridgehead atoms. The van der Waals surface area contributed by atoms with Gasteiger partial charge in [0.1, 0.15) is 5.82 Å². The zero-order chi connectivity index (χ0) is 17.1.